The lowest BCUT2D eigenvalue weighted by Crippen LogP contribution is -2.48. The van der Waals surface area contributed by atoms with Gasteiger partial charge in [0.05, 0.1) is 11.4 Å². The number of nitrogens with zero attached hydrogens (tertiary/aromatic N) is 4. The van der Waals surface area contributed by atoms with E-state index in [4.69, 9.17) is 4.52 Å². The van der Waals surface area contributed by atoms with E-state index < -0.39 is 0 Å². The molecule has 1 saturated heterocycles. The molecule has 1 aliphatic carbocycles. The Kier molecular flexibility index (Phi) is 5.04. The van der Waals surface area contributed by atoms with Crippen molar-refractivity contribution in [2.45, 2.75) is 32.2 Å². The average molecular weight is 448 g/mol. The van der Waals surface area contributed by atoms with E-state index in [0.717, 1.165) is 41.9 Å². The number of aryl methyl sites for hydroxylation is 2. The molecule has 0 saturated carbocycles. The van der Waals surface area contributed by atoms with Gasteiger partial charge in [-0.25, -0.2) is 0 Å². The third kappa shape index (κ3) is 3.63. The number of nitrogens with one attached hydrogen (secondary N) is 1. The number of H-pyrrole nitrogens is 1. The van der Waals surface area contributed by atoms with Crippen molar-refractivity contribution in [3.8, 4) is 10.7 Å². The topological polar surface area (TPSA) is 78.3 Å². The van der Waals surface area contributed by atoms with Gasteiger partial charge in [0, 0.05) is 48.3 Å². The molecule has 1 aliphatic heterocycles. The second kappa shape index (κ2) is 8.18. The molecule has 1 N–H and O–H groups in total. The molecule has 0 bridgehead atoms. The molecule has 32 heavy (non-hydrogen) atoms. The minimum atomic E-state index is 0.120. The van der Waals surface area contributed by atoms with Crippen LogP contribution < -0.4 is 0 Å². The van der Waals surface area contributed by atoms with Gasteiger partial charge in [0.15, 0.2) is 0 Å². The van der Waals surface area contributed by atoms with Crippen LogP contribution in [0, 0.1) is 0 Å². The van der Waals surface area contributed by atoms with E-state index in [1.54, 1.807) is 11.3 Å². The standard InChI is InChI=1S/C24H25N5O2S/c30-24(16-7-8-20-18(14-16)17-4-1-2-5-19(17)25-20)29-11-9-28(10-12-29)15-22-26-23(27-31-22)21-6-3-13-32-21/h3,6-8,13-14,25H,1-2,4-5,9-12,15H2. The van der Waals surface area contributed by atoms with Crippen molar-refractivity contribution in [1.82, 2.24) is 24.9 Å². The molecule has 1 aromatic carbocycles. The van der Waals surface area contributed by atoms with Crippen LogP contribution in [0.15, 0.2) is 40.2 Å². The van der Waals surface area contributed by atoms with Gasteiger partial charge in [-0.1, -0.05) is 11.2 Å². The first-order valence-electron chi connectivity index (χ1n) is 11.3. The summed E-state index contributed by atoms with van der Waals surface area (Å²) in [5.74, 6) is 1.39. The van der Waals surface area contributed by atoms with E-state index in [9.17, 15) is 4.79 Å². The van der Waals surface area contributed by atoms with Gasteiger partial charge in [-0.15, -0.1) is 11.3 Å². The van der Waals surface area contributed by atoms with E-state index in [1.165, 1.54) is 29.5 Å². The maximum Gasteiger partial charge on any atom is 0.253 e. The Labute approximate surface area is 190 Å². The summed E-state index contributed by atoms with van der Waals surface area (Å²) in [5.41, 5.74) is 4.70. The van der Waals surface area contributed by atoms with Crippen molar-refractivity contribution in [3.63, 3.8) is 0 Å². The molecule has 0 unspecified atom stereocenters. The van der Waals surface area contributed by atoms with Crippen LogP contribution in [0.25, 0.3) is 21.6 Å². The molecule has 8 heteroatoms. The predicted octanol–water partition coefficient (Wildman–Crippen LogP) is 4.12. The fourth-order valence-corrected chi connectivity index (χ4v) is 5.50. The molecule has 1 amide bonds. The number of benzene rings is 1. The highest BCUT2D eigenvalue weighted by atomic mass is 32.1. The fourth-order valence-electron chi connectivity index (χ4n) is 4.85. The summed E-state index contributed by atoms with van der Waals surface area (Å²) in [6, 6.07) is 10.1. The lowest BCUT2D eigenvalue weighted by atomic mass is 9.95. The normalized spacial score (nSPS) is 17.1. The van der Waals surface area contributed by atoms with E-state index >= 15 is 0 Å². The van der Waals surface area contributed by atoms with E-state index in [-0.39, 0.29) is 5.91 Å². The summed E-state index contributed by atoms with van der Waals surface area (Å²) in [4.78, 5) is 26.5. The quantitative estimate of drug-likeness (QED) is 0.509. The Morgan fingerprint density at radius 3 is 2.84 bits per heavy atom. The zero-order chi connectivity index (χ0) is 21.5. The molecule has 3 aromatic heterocycles. The number of thiophene rings is 1. The molecule has 7 nitrogen and oxygen atoms in total. The van der Waals surface area contributed by atoms with Gasteiger partial charge in [-0.3, -0.25) is 9.69 Å². The first kappa shape index (κ1) is 19.7. The second-order valence-electron chi connectivity index (χ2n) is 8.61. The molecular weight excluding hydrogens is 422 g/mol. The van der Waals surface area contributed by atoms with Crippen molar-refractivity contribution in [3.05, 3.63) is 58.4 Å². The highest BCUT2D eigenvalue weighted by Crippen LogP contribution is 2.30. The van der Waals surface area contributed by atoms with Crippen molar-refractivity contribution in [2.24, 2.45) is 0 Å². The number of aromatic nitrogens is 3. The Hall–Kier alpha value is -2.97. The number of amides is 1. The van der Waals surface area contributed by atoms with Crippen molar-refractivity contribution < 1.29 is 9.32 Å². The van der Waals surface area contributed by atoms with Crippen molar-refractivity contribution in [2.75, 3.05) is 26.2 Å². The number of hydrogen-bond acceptors (Lipinski definition) is 6. The van der Waals surface area contributed by atoms with Gasteiger partial charge < -0.3 is 14.4 Å². The highest BCUT2D eigenvalue weighted by molar-refractivity contribution is 7.13. The van der Waals surface area contributed by atoms with Crippen LogP contribution in [0.3, 0.4) is 0 Å². The molecule has 4 heterocycles. The Morgan fingerprint density at radius 2 is 2.00 bits per heavy atom. The van der Waals surface area contributed by atoms with Gasteiger partial charge in [0.1, 0.15) is 0 Å². The summed E-state index contributed by atoms with van der Waals surface area (Å²) >= 11 is 1.60. The maximum absolute atomic E-state index is 13.2. The van der Waals surface area contributed by atoms with E-state index in [1.807, 2.05) is 28.5 Å². The molecule has 4 aromatic rings. The number of piperazine rings is 1. The first-order chi connectivity index (χ1) is 15.7. The molecule has 1 fully saturated rings. The summed E-state index contributed by atoms with van der Waals surface area (Å²) in [6.45, 7) is 3.61. The van der Waals surface area contributed by atoms with Crippen molar-refractivity contribution in [1.29, 1.82) is 0 Å². The monoisotopic (exact) mass is 447 g/mol. The summed E-state index contributed by atoms with van der Waals surface area (Å²) in [6.07, 6.45) is 4.70. The van der Waals surface area contributed by atoms with Gasteiger partial charge in [0.25, 0.3) is 5.91 Å². The number of hydrogen-bond donors (Lipinski definition) is 1. The lowest BCUT2D eigenvalue weighted by Gasteiger charge is -2.34. The second-order valence-corrected chi connectivity index (χ2v) is 9.55. The smallest absolute Gasteiger partial charge is 0.253 e. The number of carbonyl (C=O) groups is 1. The largest absolute Gasteiger partial charge is 0.358 e. The highest BCUT2D eigenvalue weighted by Gasteiger charge is 2.24. The van der Waals surface area contributed by atoms with E-state index in [2.05, 4.69) is 32.2 Å². The van der Waals surface area contributed by atoms with Crippen molar-refractivity contribution >= 4 is 28.1 Å². The molecule has 0 radical (unpaired) electrons. The van der Waals surface area contributed by atoms with Crippen LogP contribution in [0.1, 0.15) is 40.3 Å². The van der Waals surface area contributed by atoms with E-state index in [0.29, 0.717) is 31.3 Å². The van der Waals surface area contributed by atoms with Crippen LogP contribution in [-0.4, -0.2) is 57.0 Å². The van der Waals surface area contributed by atoms with Crippen LogP contribution in [0.2, 0.25) is 0 Å². The lowest BCUT2D eigenvalue weighted by molar-refractivity contribution is 0.0615. The Bertz CT molecular complexity index is 1250. The predicted molar refractivity (Wildman–Crippen MR) is 124 cm³/mol. The number of fused-ring (bicyclic) bond motifs is 3. The SMILES string of the molecule is O=C(c1ccc2[nH]c3c(c2c1)CCCC3)N1CCN(Cc2nc(-c3cccs3)no2)CC1. The summed E-state index contributed by atoms with van der Waals surface area (Å²) in [7, 11) is 0. The zero-order valence-electron chi connectivity index (χ0n) is 17.8. The molecule has 6 rings (SSSR count). The number of aromatic amines is 1. The van der Waals surface area contributed by atoms with Gasteiger partial charge in [-0.05, 0) is 60.9 Å². The Balaban J connectivity index is 1.10. The third-order valence-corrected chi connectivity index (χ3v) is 7.44. The molecule has 2 aliphatic rings. The minimum absolute atomic E-state index is 0.120. The molecule has 164 valence electrons. The Morgan fingerprint density at radius 1 is 1.12 bits per heavy atom. The van der Waals surface area contributed by atoms with Gasteiger partial charge in [-0.2, -0.15) is 4.98 Å². The van der Waals surface area contributed by atoms with Crippen LogP contribution in [-0.2, 0) is 19.4 Å². The van der Waals surface area contributed by atoms with Crippen LogP contribution >= 0.6 is 11.3 Å². The van der Waals surface area contributed by atoms with Gasteiger partial charge in [0.2, 0.25) is 11.7 Å². The molecular formula is C24H25N5O2S. The third-order valence-electron chi connectivity index (χ3n) is 6.57. The minimum Gasteiger partial charge on any atom is -0.358 e. The van der Waals surface area contributed by atoms with Crippen LogP contribution in [0.5, 0.6) is 0 Å². The number of rotatable bonds is 4. The maximum atomic E-state index is 13.2. The molecule has 0 atom stereocenters. The summed E-state index contributed by atoms with van der Waals surface area (Å²) in [5, 5.41) is 7.32. The first-order valence-corrected chi connectivity index (χ1v) is 12.1. The zero-order valence-corrected chi connectivity index (χ0v) is 18.7. The number of carbonyl (C=O) groups excluding carboxylic acids is 1. The van der Waals surface area contributed by atoms with Gasteiger partial charge >= 0.3 is 0 Å². The average Bonchev–Trinajstić information content (AvgIpc) is 3.58. The fraction of sp³-hybridized carbons (Fsp3) is 0.375. The molecule has 0 spiro atoms. The summed E-state index contributed by atoms with van der Waals surface area (Å²) < 4.78 is 5.43. The van der Waals surface area contributed by atoms with Crippen LogP contribution in [0.4, 0.5) is 0 Å².